The smallest absolute Gasteiger partial charge is 0.224 e. The van der Waals surface area contributed by atoms with Gasteiger partial charge in [-0.15, -0.1) is 0 Å². The summed E-state index contributed by atoms with van der Waals surface area (Å²) >= 11 is 6.12. The maximum Gasteiger partial charge on any atom is 0.224 e. The number of carbonyl (C=O) groups is 1. The number of hydrogen-bond donors (Lipinski definition) is 2. The highest BCUT2D eigenvalue weighted by molar-refractivity contribution is 6.30. The summed E-state index contributed by atoms with van der Waals surface area (Å²) < 4.78 is 0. The van der Waals surface area contributed by atoms with E-state index in [0.717, 1.165) is 17.3 Å². The SMILES string of the molecule is CNC(=O)C(C)CN(C)c1ccc(Cl)cc1CNC1CC1. The number of amides is 1. The Morgan fingerprint density at radius 1 is 1.48 bits per heavy atom. The van der Waals surface area contributed by atoms with Gasteiger partial charge in [0.2, 0.25) is 5.91 Å². The van der Waals surface area contributed by atoms with Crippen molar-refractivity contribution in [3.8, 4) is 0 Å². The third-order valence-corrected chi connectivity index (χ3v) is 4.09. The van der Waals surface area contributed by atoms with Crippen LogP contribution >= 0.6 is 11.6 Å². The molecule has 116 valence electrons. The number of benzene rings is 1. The van der Waals surface area contributed by atoms with E-state index >= 15 is 0 Å². The van der Waals surface area contributed by atoms with Gasteiger partial charge >= 0.3 is 0 Å². The van der Waals surface area contributed by atoms with Crippen molar-refractivity contribution in [1.29, 1.82) is 0 Å². The molecule has 0 aromatic heterocycles. The maximum absolute atomic E-state index is 11.7. The van der Waals surface area contributed by atoms with Gasteiger partial charge in [-0.1, -0.05) is 18.5 Å². The molecule has 1 saturated carbocycles. The Hall–Kier alpha value is -1.26. The zero-order valence-electron chi connectivity index (χ0n) is 12.9. The van der Waals surface area contributed by atoms with Crippen molar-refractivity contribution in [1.82, 2.24) is 10.6 Å². The zero-order valence-corrected chi connectivity index (χ0v) is 13.7. The van der Waals surface area contributed by atoms with Crippen LogP contribution < -0.4 is 15.5 Å². The molecule has 5 heteroatoms. The fourth-order valence-electron chi connectivity index (χ4n) is 2.45. The van der Waals surface area contributed by atoms with E-state index in [1.807, 2.05) is 32.2 Å². The van der Waals surface area contributed by atoms with Crippen molar-refractivity contribution >= 4 is 23.2 Å². The lowest BCUT2D eigenvalue weighted by Gasteiger charge is -2.25. The molecule has 1 unspecified atom stereocenters. The van der Waals surface area contributed by atoms with Crippen molar-refractivity contribution in [3.05, 3.63) is 28.8 Å². The number of halogens is 1. The van der Waals surface area contributed by atoms with E-state index in [1.165, 1.54) is 18.4 Å². The van der Waals surface area contributed by atoms with Crippen LogP contribution in [0.1, 0.15) is 25.3 Å². The Bertz CT molecular complexity index is 502. The molecule has 1 amide bonds. The second-order valence-corrected chi connectivity index (χ2v) is 6.26. The minimum atomic E-state index is -0.0556. The van der Waals surface area contributed by atoms with Gasteiger partial charge in [0, 0.05) is 43.9 Å². The van der Waals surface area contributed by atoms with Crippen molar-refractivity contribution in [3.63, 3.8) is 0 Å². The van der Waals surface area contributed by atoms with Crippen LogP contribution in [0.25, 0.3) is 0 Å². The van der Waals surface area contributed by atoms with Gasteiger partial charge in [0.05, 0.1) is 5.92 Å². The van der Waals surface area contributed by atoms with E-state index in [2.05, 4.69) is 15.5 Å². The standard InChI is InChI=1S/C16H24ClN3O/c1-11(16(21)18-2)10-20(3)15-7-4-13(17)8-12(15)9-19-14-5-6-14/h4,7-8,11,14,19H,5-6,9-10H2,1-3H3,(H,18,21). The van der Waals surface area contributed by atoms with Crippen LogP contribution in [0.15, 0.2) is 18.2 Å². The summed E-state index contributed by atoms with van der Waals surface area (Å²) in [5, 5.41) is 6.96. The molecule has 0 radical (unpaired) electrons. The van der Waals surface area contributed by atoms with Gasteiger partial charge in [-0.2, -0.15) is 0 Å². The number of hydrogen-bond acceptors (Lipinski definition) is 3. The molecule has 1 aromatic rings. The van der Waals surface area contributed by atoms with Crippen LogP contribution in [0.3, 0.4) is 0 Å². The third kappa shape index (κ3) is 4.61. The molecule has 2 N–H and O–H groups in total. The topological polar surface area (TPSA) is 44.4 Å². The first kappa shape index (κ1) is 16.1. The van der Waals surface area contributed by atoms with E-state index in [9.17, 15) is 4.79 Å². The van der Waals surface area contributed by atoms with Crippen molar-refractivity contribution in [2.24, 2.45) is 5.92 Å². The first-order chi connectivity index (χ1) is 10.0. The van der Waals surface area contributed by atoms with Gasteiger partial charge in [-0.3, -0.25) is 4.79 Å². The van der Waals surface area contributed by atoms with Gasteiger partial charge in [0.1, 0.15) is 0 Å². The van der Waals surface area contributed by atoms with Crippen molar-refractivity contribution in [2.45, 2.75) is 32.4 Å². The minimum Gasteiger partial charge on any atom is -0.374 e. The Labute approximate surface area is 131 Å². The lowest BCUT2D eigenvalue weighted by molar-refractivity contribution is -0.123. The summed E-state index contributed by atoms with van der Waals surface area (Å²) in [7, 11) is 3.69. The summed E-state index contributed by atoms with van der Waals surface area (Å²) in [6, 6.07) is 6.60. The number of nitrogens with zero attached hydrogens (tertiary/aromatic N) is 1. The summed E-state index contributed by atoms with van der Waals surface area (Å²) in [6.45, 7) is 3.43. The number of anilines is 1. The number of carbonyl (C=O) groups excluding carboxylic acids is 1. The van der Waals surface area contributed by atoms with Gasteiger partial charge in [-0.25, -0.2) is 0 Å². The Morgan fingerprint density at radius 2 is 2.19 bits per heavy atom. The number of nitrogens with one attached hydrogen (secondary N) is 2. The van der Waals surface area contributed by atoms with E-state index in [-0.39, 0.29) is 11.8 Å². The molecule has 1 aliphatic rings. The fraction of sp³-hybridized carbons (Fsp3) is 0.562. The fourth-order valence-corrected chi connectivity index (χ4v) is 2.64. The molecule has 0 aliphatic heterocycles. The average molecular weight is 310 g/mol. The van der Waals surface area contributed by atoms with Crippen LogP contribution in [0.5, 0.6) is 0 Å². The molecular weight excluding hydrogens is 286 g/mol. The van der Waals surface area contributed by atoms with Crippen LogP contribution in [0.4, 0.5) is 5.69 Å². The number of rotatable bonds is 7. The second kappa shape index (κ2) is 7.14. The molecule has 0 spiro atoms. The maximum atomic E-state index is 11.7. The molecule has 1 aliphatic carbocycles. The van der Waals surface area contributed by atoms with Gasteiger partial charge in [0.25, 0.3) is 0 Å². The van der Waals surface area contributed by atoms with E-state index in [1.54, 1.807) is 7.05 Å². The highest BCUT2D eigenvalue weighted by atomic mass is 35.5. The first-order valence-electron chi connectivity index (χ1n) is 7.45. The normalized spacial score (nSPS) is 15.6. The summed E-state index contributed by atoms with van der Waals surface area (Å²) in [6.07, 6.45) is 2.53. The van der Waals surface area contributed by atoms with Gasteiger partial charge < -0.3 is 15.5 Å². The average Bonchev–Trinajstić information content (AvgIpc) is 3.28. The van der Waals surface area contributed by atoms with Crippen molar-refractivity contribution in [2.75, 3.05) is 25.5 Å². The Balaban J connectivity index is 2.07. The van der Waals surface area contributed by atoms with Crippen LogP contribution in [0.2, 0.25) is 5.02 Å². The van der Waals surface area contributed by atoms with Crippen LogP contribution in [-0.4, -0.2) is 32.6 Å². The molecule has 0 bridgehead atoms. The summed E-state index contributed by atoms with van der Waals surface area (Å²) in [5.74, 6) is 0.00777. The van der Waals surface area contributed by atoms with Crippen LogP contribution in [-0.2, 0) is 11.3 Å². The summed E-state index contributed by atoms with van der Waals surface area (Å²) in [4.78, 5) is 13.8. The first-order valence-corrected chi connectivity index (χ1v) is 7.83. The van der Waals surface area contributed by atoms with Gasteiger partial charge in [-0.05, 0) is 36.6 Å². The monoisotopic (exact) mass is 309 g/mol. The van der Waals surface area contributed by atoms with Gasteiger partial charge in [0.15, 0.2) is 0 Å². The molecule has 1 atom stereocenters. The highest BCUT2D eigenvalue weighted by Crippen LogP contribution is 2.26. The molecule has 0 heterocycles. The lowest BCUT2D eigenvalue weighted by Crippen LogP contribution is -2.35. The third-order valence-electron chi connectivity index (χ3n) is 3.85. The molecule has 1 aromatic carbocycles. The molecule has 4 nitrogen and oxygen atoms in total. The molecule has 1 fully saturated rings. The minimum absolute atomic E-state index is 0.0556. The Morgan fingerprint density at radius 3 is 2.81 bits per heavy atom. The Kier molecular flexibility index (Phi) is 5.48. The zero-order chi connectivity index (χ0) is 15.4. The predicted molar refractivity (Wildman–Crippen MR) is 87.8 cm³/mol. The largest absolute Gasteiger partial charge is 0.374 e. The molecule has 21 heavy (non-hydrogen) atoms. The summed E-state index contributed by atoms with van der Waals surface area (Å²) in [5.41, 5.74) is 2.31. The molecular formula is C16H24ClN3O. The van der Waals surface area contributed by atoms with E-state index < -0.39 is 0 Å². The molecule has 2 rings (SSSR count). The van der Waals surface area contributed by atoms with E-state index in [4.69, 9.17) is 11.6 Å². The predicted octanol–water partition coefficient (Wildman–Crippen LogP) is 2.41. The van der Waals surface area contributed by atoms with Crippen molar-refractivity contribution < 1.29 is 4.79 Å². The van der Waals surface area contributed by atoms with E-state index in [0.29, 0.717) is 12.6 Å². The lowest BCUT2D eigenvalue weighted by atomic mass is 10.1. The quantitative estimate of drug-likeness (QED) is 0.813. The molecule has 0 saturated heterocycles. The highest BCUT2D eigenvalue weighted by Gasteiger charge is 2.21. The second-order valence-electron chi connectivity index (χ2n) is 5.82. The van der Waals surface area contributed by atoms with Crippen LogP contribution in [0, 0.1) is 5.92 Å².